The molecule has 1 aromatic carbocycles. The minimum absolute atomic E-state index is 0.0765. The highest BCUT2D eigenvalue weighted by molar-refractivity contribution is 5.89. The fourth-order valence-electron chi connectivity index (χ4n) is 3.45. The van der Waals surface area contributed by atoms with Gasteiger partial charge in [0.25, 0.3) is 0 Å². The van der Waals surface area contributed by atoms with Gasteiger partial charge >= 0.3 is 6.03 Å². The lowest BCUT2D eigenvalue weighted by Gasteiger charge is -2.28. The number of urea groups is 1. The average Bonchev–Trinajstić information content (AvgIpc) is 3.32. The molecule has 5 heteroatoms. The molecule has 1 aliphatic rings. The number of benzene rings is 1. The number of amides is 2. The normalized spacial score (nSPS) is 14.0. The number of nitrogens with one attached hydrogen (secondary N) is 1. The summed E-state index contributed by atoms with van der Waals surface area (Å²) in [5, 5.41) is 3.04. The molecule has 2 amide bonds. The summed E-state index contributed by atoms with van der Waals surface area (Å²) in [7, 11) is 3.99. The molecule has 0 radical (unpaired) electrons. The number of hydrogen-bond donors (Lipinski definition) is 1. The van der Waals surface area contributed by atoms with Crippen LogP contribution >= 0.6 is 0 Å². The number of hydrogen-bond acceptors (Lipinski definition) is 3. The van der Waals surface area contributed by atoms with E-state index in [-0.39, 0.29) is 12.1 Å². The maximum absolute atomic E-state index is 13.0. The Hall–Kier alpha value is -2.71. The number of furan rings is 1. The Morgan fingerprint density at radius 1 is 1.14 bits per heavy atom. The first kappa shape index (κ1) is 20.0. The van der Waals surface area contributed by atoms with E-state index in [0.29, 0.717) is 6.54 Å². The Labute approximate surface area is 167 Å². The van der Waals surface area contributed by atoms with Gasteiger partial charge in [-0.1, -0.05) is 24.7 Å². The Balaban J connectivity index is 1.66. The van der Waals surface area contributed by atoms with Crippen molar-refractivity contribution in [3.8, 4) is 11.8 Å². The quantitative estimate of drug-likeness (QED) is 0.780. The van der Waals surface area contributed by atoms with E-state index in [4.69, 9.17) is 4.42 Å². The molecule has 1 N–H and O–H groups in total. The molecule has 0 atom stereocenters. The number of aryl methyl sites for hydroxylation is 1. The maximum atomic E-state index is 13.0. The maximum Gasteiger partial charge on any atom is 0.322 e. The van der Waals surface area contributed by atoms with Gasteiger partial charge in [0.2, 0.25) is 0 Å². The van der Waals surface area contributed by atoms with Crippen LogP contribution in [0.15, 0.2) is 40.8 Å². The highest BCUT2D eigenvalue weighted by atomic mass is 16.3. The predicted molar refractivity (Wildman–Crippen MR) is 112 cm³/mol. The Kier molecular flexibility index (Phi) is 6.78. The summed E-state index contributed by atoms with van der Waals surface area (Å²) < 4.78 is 5.70. The Morgan fingerprint density at radius 2 is 1.86 bits per heavy atom. The van der Waals surface area contributed by atoms with E-state index in [1.165, 1.54) is 12.8 Å². The van der Waals surface area contributed by atoms with Gasteiger partial charge in [-0.3, -0.25) is 4.90 Å². The van der Waals surface area contributed by atoms with Crippen LogP contribution in [0.3, 0.4) is 0 Å². The van der Waals surface area contributed by atoms with Crippen molar-refractivity contribution in [2.75, 3.05) is 26.0 Å². The third-order valence-electron chi connectivity index (χ3n) is 4.91. The van der Waals surface area contributed by atoms with Crippen LogP contribution in [-0.4, -0.2) is 42.5 Å². The third-order valence-corrected chi connectivity index (χ3v) is 4.91. The molecule has 5 nitrogen and oxygen atoms in total. The molecular formula is C23H29N3O2. The fourth-order valence-corrected chi connectivity index (χ4v) is 3.45. The van der Waals surface area contributed by atoms with Crippen molar-refractivity contribution in [3.05, 3.63) is 53.5 Å². The van der Waals surface area contributed by atoms with Crippen molar-refractivity contribution < 1.29 is 9.21 Å². The van der Waals surface area contributed by atoms with Gasteiger partial charge in [0.1, 0.15) is 11.5 Å². The largest absolute Gasteiger partial charge is 0.464 e. The molecule has 0 spiro atoms. The summed E-state index contributed by atoms with van der Waals surface area (Å²) in [6, 6.07) is 11.8. The number of anilines is 1. The van der Waals surface area contributed by atoms with Crippen molar-refractivity contribution in [1.82, 2.24) is 9.80 Å². The van der Waals surface area contributed by atoms with Crippen LogP contribution in [0.2, 0.25) is 0 Å². The van der Waals surface area contributed by atoms with E-state index < -0.39 is 0 Å². The summed E-state index contributed by atoms with van der Waals surface area (Å²) in [5.41, 5.74) is 1.72. The van der Waals surface area contributed by atoms with E-state index >= 15 is 0 Å². The molecule has 0 aliphatic heterocycles. The van der Waals surface area contributed by atoms with Gasteiger partial charge in [0.15, 0.2) is 0 Å². The van der Waals surface area contributed by atoms with Gasteiger partial charge < -0.3 is 14.6 Å². The zero-order valence-electron chi connectivity index (χ0n) is 17.0. The second kappa shape index (κ2) is 9.48. The van der Waals surface area contributed by atoms with Crippen molar-refractivity contribution in [2.24, 2.45) is 0 Å². The fraction of sp³-hybridized carbons (Fsp3) is 0.435. The predicted octanol–water partition coefficient (Wildman–Crippen LogP) is 4.48. The minimum atomic E-state index is -0.0765. The van der Waals surface area contributed by atoms with E-state index in [1.807, 2.05) is 67.2 Å². The van der Waals surface area contributed by atoms with Crippen LogP contribution in [0.25, 0.3) is 0 Å². The van der Waals surface area contributed by atoms with Gasteiger partial charge in [0.05, 0.1) is 13.1 Å². The highest BCUT2D eigenvalue weighted by Gasteiger charge is 2.27. The molecule has 0 bridgehead atoms. The number of carbonyl (C=O) groups is 1. The van der Waals surface area contributed by atoms with Gasteiger partial charge in [-0.15, -0.1) is 0 Å². The standard InChI is InChI=1S/C23H29N3O2/c1-18-10-15-22(28-18)17-26(21-8-4-5-9-21)23(27)24-20-13-11-19(12-14-20)7-6-16-25(2)3/h10-15,21H,4-5,8-9,16-17H2,1-3H3,(H,24,27). The summed E-state index contributed by atoms with van der Waals surface area (Å²) in [6.07, 6.45) is 4.44. The Bertz CT molecular complexity index is 837. The van der Waals surface area contributed by atoms with Gasteiger partial charge in [-0.25, -0.2) is 4.79 Å². The van der Waals surface area contributed by atoms with Crippen LogP contribution in [0.1, 0.15) is 42.8 Å². The van der Waals surface area contributed by atoms with E-state index in [0.717, 1.165) is 42.2 Å². The summed E-state index contributed by atoms with van der Waals surface area (Å²) in [6.45, 7) is 3.14. The van der Waals surface area contributed by atoms with Crippen LogP contribution in [0.5, 0.6) is 0 Å². The molecule has 2 aromatic rings. The molecule has 3 rings (SSSR count). The molecule has 1 fully saturated rings. The smallest absolute Gasteiger partial charge is 0.322 e. The first-order valence-corrected chi connectivity index (χ1v) is 9.88. The lowest BCUT2D eigenvalue weighted by atomic mass is 10.2. The van der Waals surface area contributed by atoms with Crippen molar-refractivity contribution in [1.29, 1.82) is 0 Å². The first-order valence-electron chi connectivity index (χ1n) is 9.88. The molecule has 148 valence electrons. The Morgan fingerprint density at radius 3 is 2.46 bits per heavy atom. The van der Waals surface area contributed by atoms with Crippen molar-refractivity contribution >= 4 is 11.7 Å². The van der Waals surface area contributed by atoms with Crippen LogP contribution in [0, 0.1) is 18.8 Å². The zero-order valence-corrected chi connectivity index (χ0v) is 17.0. The van der Waals surface area contributed by atoms with Crippen LogP contribution in [-0.2, 0) is 6.54 Å². The second-order valence-electron chi connectivity index (χ2n) is 7.63. The van der Waals surface area contributed by atoms with E-state index in [9.17, 15) is 4.79 Å². The summed E-state index contributed by atoms with van der Waals surface area (Å²) in [4.78, 5) is 16.9. The molecule has 1 aromatic heterocycles. The lowest BCUT2D eigenvalue weighted by Crippen LogP contribution is -2.41. The molecule has 1 aliphatic carbocycles. The molecule has 1 heterocycles. The molecule has 28 heavy (non-hydrogen) atoms. The minimum Gasteiger partial charge on any atom is -0.464 e. The summed E-state index contributed by atoms with van der Waals surface area (Å²) in [5.74, 6) is 7.94. The zero-order chi connectivity index (χ0) is 19.9. The molecule has 1 saturated carbocycles. The number of nitrogens with zero attached hydrogens (tertiary/aromatic N) is 2. The van der Waals surface area contributed by atoms with Crippen LogP contribution in [0.4, 0.5) is 10.5 Å². The van der Waals surface area contributed by atoms with E-state index in [1.54, 1.807) is 0 Å². The number of carbonyl (C=O) groups excluding carboxylic acids is 1. The molecular weight excluding hydrogens is 350 g/mol. The second-order valence-corrected chi connectivity index (χ2v) is 7.63. The van der Waals surface area contributed by atoms with Gasteiger partial charge in [-0.05, 0) is 70.3 Å². The number of rotatable bonds is 5. The van der Waals surface area contributed by atoms with E-state index in [2.05, 4.69) is 17.2 Å². The summed E-state index contributed by atoms with van der Waals surface area (Å²) >= 11 is 0. The van der Waals surface area contributed by atoms with Gasteiger partial charge in [0, 0.05) is 17.3 Å². The average molecular weight is 380 g/mol. The topological polar surface area (TPSA) is 48.7 Å². The first-order chi connectivity index (χ1) is 13.5. The highest BCUT2D eigenvalue weighted by Crippen LogP contribution is 2.26. The molecule has 0 saturated heterocycles. The van der Waals surface area contributed by atoms with Crippen molar-refractivity contribution in [2.45, 2.75) is 45.2 Å². The van der Waals surface area contributed by atoms with Crippen molar-refractivity contribution in [3.63, 3.8) is 0 Å². The molecule has 0 unspecified atom stereocenters. The monoisotopic (exact) mass is 379 g/mol. The van der Waals surface area contributed by atoms with Gasteiger partial charge in [-0.2, -0.15) is 0 Å². The van der Waals surface area contributed by atoms with Crippen LogP contribution < -0.4 is 5.32 Å². The SMILES string of the molecule is Cc1ccc(CN(C(=O)Nc2ccc(C#CCN(C)C)cc2)C2CCCC2)o1. The lowest BCUT2D eigenvalue weighted by molar-refractivity contribution is 0.178. The third kappa shape index (κ3) is 5.64.